The van der Waals surface area contributed by atoms with Crippen molar-refractivity contribution >= 4 is 5.78 Å². The van der Waals surface area contributed by atoms with Crippen LogP contribution in [0.15, 0.2) is 36.4 Å². The Balaban J connectivity index is 2.76. The summed E-state index contributed by atoms with van der Waals surface area (Å²) in [5, 5.41) is 0. The van der Waals surface area contributed by atoms with Crippen LogP contribution in [0.1, 0.15) is 17.3 Å². The molecule has 0 aliphatic heterocycles. The van der Waals surface area contributed by atoms with Crippen LogP contribution in [0.5, 0.6) is 17.2 Å². The summed E-state index contributed by atoms with van der Waals surface area (Å²) < 4.78 is 16.1. The number of methoxy groups -OCH3 is 3. The minimum Gasteiger partial charge on any atom is -0.496 e. The van der Waals surface area contributed by atoms with Gasteiger partial charge in [0, 0.05) is 17.7 Å². The predicted octanol–water partition coefficient (Wildman–Crippen LogP) is 3.58. The Kier molecular flexibility index (Phi) is 4.48. The molecule has 0 heterocycles. The van der Waals surface area contributed by atoms with Gasteiger partial charge in [-0.3, -0.25) is 4.79 Å². The molecule has 0 radical (unpaired) electrons. The molecule has 0 aromatic heterocycles. The molecule has 2 aromatic rings. The Morgan fingerprint density at radius 3 is 1.95 bits per heavy atom. The highest BCUT2D eigenvalue weighted by Gasteiger charge is 2.19. The Labute approximate surface area is 124 Å². The second-order valence-electron chi connectivity index (χ2n) is 4.51. The number of carbonyl (C=O) groups is 1. The number of ether oxygens (including phenoxy) is 3. The fourth-order valence-corrected chi connectivity index (χ4v) is 2.28. The molecule has 110 valence electrons. The summed E-state index contributed by atoms with van der Waals surface area (Å²) in [4.78, 5) is 11.9. The van der Waals surface area contributed by atoms with Crippen molar-refractivity contribution in [3.05, 3.63) is 42.0 Å². The van der Waals surface area contributed by atoms with E-state index in [1.807, 2.05) is 18.2 Å². The number of Topliss-reactive ketones (excluding diaryl/α,β-unsaturated/α-hetero) is 1. The lowest BCUT2D eigenvalue weighted by molar-refractivity contribution is 0.101. The van der Waals surface area contributed by atoms with E-state index >= 15 is 0 Å². The molecule has 0 aliphatic rings. The van der Waals surface area contributed by atoms with Gasteiger partial charge in [-0.1, -0.05) is 24.3 Å². The van der Waals surface area contributed by atoms with Crippen molar-refractivity contribution in [2.75, 3.05) is 21.3 Å². The molecule has 0 saturated heterocycles. The number of benzene rings is 2. The molecule has 21 heavy (non-hydrogen) atoms. The first-order valence-corrected chi connectivity index (χ1v) is 6.52. The summed E-state index contributed by atoms with van der Waals surface area (Å²) in [5.41, 5.74) is 2.15. The van der Waals surface area contributed by atoms with Crippen LogP contribution < -0.4 is 14.2 Å². The largest absolute Gasteiger partial charge is 0.496 e. The highest BCUT2D eigenvalue weighted by molar-refractivity contribution is 6.02. The van der Waals surface area contributed by atoms with Crippen LogP contribution in [0, 0.1) is 0 Å². The van der Waals surface area contributed by atoms with Gasteiger partial charge in [-0.05, 0) is 12.5 Å². The maximum atomic E-state index is 11.9. The number of carbonyl (C=O) groups excluding carboxylic acids is 1. The van der Waals surface area contributed by atoms with Crippen LogP contribution in [0.3, 0.4) is 0 Å². The molecule has 0 bridgehead atoms. The molecule has 0 fully saturated rings. The quantitative estimate of drug-likeness (QED) is 0.788. The topological polar surface area (TPSA) is 44.8 Å². The number of hydrogen-bond acceptors (Lipinski definition) is 4. The molecule has 2 rings (SSSR count). The molecule has 0 amide bonds. The third-order valence-corrected chi connectivity index (χ3v) is 3.29. The van der Waals surface area contributed by atoms with Gasteiger partial charge in [0.15, 0.2) is 5.78 Å². The van der Waals surface area contributed by atoms with Crippen molar-refractivity contribution < 1.29 is 19.0 Å². The maximum absolute atomic E-state index is 11.9. The Morgan fingerprint density at radius 2 is 1.48 bits per heavy atom. The van der Waals surface area contributed by atoms with Crippen molar-refractivity contribution in [2.45, 2.75) is 6.92 Å². The van der Waals surface area contributed by atoms with E-state index in [0.29, 0.717) is 22.8 Å². The van der Waals surface area contributed by atoms with Crippen molar-refractivity contribution in [3.8, 4) is 28.4 Å². The van der Waals surface area contributed by atoms with E-state index in [4.69, 9.17) is 14.2 Å². The maximum Gasteiger partial charge on any atom is 0.160 e. The summed E-state index contributed by atoms with van der Waals surface area (Å²) in [6.07, 6.45) is 0. The highest BCUT2D eigenvalue weighted by Crippen LogP contribution is 2.43. The summed E-state index contributed by atoms with van der Waals surface area (Å²) in [6.45, 7) is 1.54. The zero-order valence-corrected chi connectivity index (χ0v) is 12.6. The SMILES string of the molecule is COc1cc(OC)c(-c2ccccc2C(C)=O)c(OC)c1. The third-order valence-electron chi connectivity index (χ3n) is 3.29. The first-order valence-electron chi connectivity index (χ1n) is 6.52. The van der Waals surface area contributed by atoms with Crippen LogP contribution in [0.25, 0.3) is 11.1 Å². The summed E-state index contributed by atoms with van der Waals surface area (Å²) in [6, 6.07) is 10.9. The molecular formula is C17H18O4. The molecule has 0 N–H and O–H groups in total. The standard InChI is InChI=1S/C17H18O4/c1-11(18)13-7-5-6-8-14(13)17-15(20-3)9-12(19-2)10-16(17)21-4/h5-10H,1-4H3. The van der Waals surface area contributed by atoms with Crippen molar-refractivity contribution in [2.24, 2.45) is 0 Å². The van der Waals surface area contributed by atoms with Gasteiger partial charge < -0.3 is 14.2 Å². The van der Waals surface area contributed by atoms with Gasteiger partial charge in [0.1, 0.15) is 17.2 Å². The minimum absolute atomic E-state index is 0.00877. The van der Waals surface area contributed by atoms with Crippen LogP contribution in [0.4, 0.5) is 0 Å². The lowest BCUT2D eigenvalue weighted by Crippen LogP contribution is -2.00. The smallest absolute Gasteiger partial charge is 0.160 e. The molecule has 0 saturated carbocycles. The fraction of sp³-hybridized carbons (Fsp3) is 0.235. The van der Waals surface area contributed by atoms with Crippen molar-refractivity contribution in [1.82, 2.24) is 0 Å². The first-order chi connectivity index (χ1) is 10.1. The van der Waals surface area contributed by atoms with Gasteiger partial charge in [-0.25, -0.2) is 0 Å². The second kappa shape index (κ2) is 6.31. The van der Waals surface area contributed by atoms with Gasteiger partial charge in [0.2, 0.25) is 0 Å². The molecule has 0 unspecified atom stereocenters. The molecule has 4 nitrogen and oxygen atoms in total. The molecule has 0 atom stereocenters. The van der Waals surface area contributed by atoms with Crippen molar-refractivity contribution in [1.29, 1.82) is 0 Å². The third kappa shape index (κ3) is 2.84. The van der Waals surface area contributed by atoms with Gasteiger partial charge in [0.25, 0.3) is 0 Å². The van der Waals surface area contributed by atoms with Gasteiger partial charge >= 0.3 is 0 Å². The lowest BCUT2D eigenvalue weighted by Gasteiger charge is -2.17. The Morgan fingerprint density at radius 1 is 0.905 bits per heavy atom. The van der Waals surface area contributed by atoms with Gasteiger partial charge in [0.05, 0.1) is 26.9 Å². The Hall–Kier alpha value is -2.49. The minimum atomic E-state index is -0.00877. The molecule has 2 aromatic carbocycles. The van der Waals surface area contributed by atoms with E-state index in [9.17, 15) is 4.79 Å². The van der Waals surface area contributed by atoms with E-state index in [-0.39, 0.29) is 5.78 Å². The van der Waals surface area contributed by atoms with E-state index in [1.165, 1.54) is 0 Å². The fourth-order valence-electron chi connectivity index (χ4n) is 2.28. The number of hydrogen-bond donors (Lipinski definition) is 0. The number of ketones is 1. The average molecular weight is 286 g/mol. The van der Waals surface area contributed by atoms with Crippen LogP contribution in [-0.2, 0) is 0 Å². The predicted molar refractivity (Wildman–Crippen MR) is 81.5 cm³/mol. The second-order valence-corrected chi connectivity index (χ2v) is 4.51. The number of rotatable bonds is 5. The van der Waals surface area contributed by atoms with Crippen LogP contribution in [0.2, 0.25) is 0 Å². The van der Waals surface area contributed by atoms with E-state index in [2.05, 4.69) is 0 Å². The zero-order chi connectivity index (χ0) is 15.4. The van der Waals surface area contributed by atoms with Crippen LogP contribution in [-0.4, -0.2) is 27.1 Å². The molecule has 0 aliphatic carbocycles. The molecule has 4 heteroatoms. The molecular weight excluding hydrogens is 268 g/mol. The Bertz CT molecular complexity index is 637. The normalized spacial score (nSPS) is 10.1. The highest BCUT2D eigenvalue weighted by atomic mass is 16.5. The summed E-state index contributed by atoms with van der Waals surface area (Å²) >= 11 is 0. The zero-order valence-electron chi connectivity index (χ0n) is 12.6. The lowest BCUT2D eigenvalue weighted by atomic mass is 9.96. The average Bonchev–Trinajstić information content (AvgIpc) is 2.53. The van der Waals surface area contributed by atoms with E-state index < -0.39 is 0 Å². The summed E-state index contributed by atoms with van der Waals surface area (Å²) in [7, 11) is 4.74. The van der Waals surface area contributed by atoms with Gasteiger partial charge in [-0.2, -0.15) is 0 Å². The van der Waals surface area contributed by atoms with Crippen LogP contribution >= 0.6 is 0 Å². The van der Waals surface area contributed by atoms with Gasteiger partial charge in [-0.15, -0.1) is 0 Å². The molecule has 0 spiro atoms. The van der Waals surface area contributed by atoms with Crippen molar-refractivity contribution in [3.63, 3.8) is 0 Å². The summed E-state index contributed by atoms with van der Waals surface area (Å²) in [5.74, 6) is 1.82. The van der Waals surface area contributed by atoms with E-state index in [1.54, 1.807) is 46.5 Å². The first kappa shape index (κ1) is 14.9. The van der Waals surface area contributed by atoms with E-state index in [0.717, 1.165) is 11.1 Å². The monoisotopic (exact) mass is 286 g/mol.